The van der Waals surface area contributed by atoms with E-state index in [0.29, 0.717) is 0 Å². The third-order valence-electron chi connectivity index (χ3n) is 3.34. The molecule has 17 heavy (non-hydrogen) atoms. The van der Waals surface area contributed by atoms with Crippen molar-refractivity contribution in [3.05, 3.63) is 39.4 Å². The zero-order chi connectivity index (χ0) is 12.3. The van der Waals surface area contributed by atoms with Crippen LogP contribution in [0.5, 0.6) is 0 Å². The Morgan fingerprint density at radius 3 is 2.65 bits per heavy atom. The molecule has 1 aliphatic rings. The lowest BCUT2D eigenvalue weighted by Gasteiger charge is -2.18. The summed E-state index contributed by atoms with van der Waals surface area (Å²) in [5.74, 6) is 0. The third-order valence-corrected chi connectivity index (χ3v) is 3.34. The Balaban J connectivity index is 2.16. The summed E-state index contributed by atoms with van der Waals surface area (Å²) in [7, 11) is 0. The second-order valence-electron chi connectivity index (χ2n) is 4.55. The van der Waals surface area contributed by atoms with Crippen LogP contribution in [-0.4, -0.2) is 29.5 Å². The summed E-state index contributed by atoms with van der Waals surface area (Å²) in [5.41, 5.74) is 2.64. The maximum atomic E-state index is 10.7. The van der Waals surface area contributed by atoms with E-state index in [9.17, 15) is 10.1 Å². The minimum Gasteiger partial charge on any atom is -0.303 e. The van der Waals surface area contributed by atoms with E-state index in [4.69, 9.17) is 0 Å². The molecule has 0 aliphatic carbocycles. The minimum atomic E-state index is -0.311. The number of fused-ring (bicyclic) bond motifs is 1. The molecule has 4 heteroatoms. The van der Waals surface area contributed by atoms with E-state index in [-0.39, 0.29) is 10.6 Å². The molecule has 1 heterocycles. The molecule has 1 aromatic carbocycles. The number of non-ortho nitro benzene ring substituents is 1. The van der Waals surface area contributed by atoms with Crippen LogP contribution in [0.2, 0.25) is 0 Å². The standard InChI is InChI=1S/C13H18N2O2/c1-2-7-14-8-5-11-3-4-13(15(16)17)10-12(11)6-9-14/h3-4,10H,2,5-9H2,1H3. The topological polar surface area (TPSA) is 46.4 Å². The highest BCUT2D eigenvalue weighted by atomic mass is 16.6. The third kappa shape index (κ3) is 2.82. The van der Waals surface area contributed by atoms with E-state index < -0.39 is 0 Å². The van der Waals surface area contributed by atoms with Crippen LogP contribution in [-0.2, 0) is 12.8 Å². The average molecular weight is 234 g/mol. The fraction of sp³-hybridized carbons (Fsp3) is 0.538. The van der Waals surface area contributed by atoms with Gasteiger partial charge in [0.15, 0.2) is 0 Å². The van der Waals surface area contributed by atoms with Crippen molar-refractivity contribution in [1.82, 2.24) is 4.90 Å². The zero-order valence-corrected chi connectivity index (χ0v) is 10.2. The number of hydrogen-bond donors (Lipinski definition) is 0. The smallest absolute Gasteiger partial charge is 0.269 e. The molecule has 1 aromatic rings. The second-order valence-corrected chi connectivity index (χ2v) is 4.55. The van der Waals surface area contributed by atoms with E-state index >= 15 is 0 Å². The van der Waals surface area contributed by atoms with E-state index in [1.807, 2.05) is 6.07 Å². The molecule has 1 aliphatic heterocycles. The quantitative estimate of drug-likeness (QED) is 0.596. The Morgan fingerprint density at radius 1 is 1.29 bits per heavy atom. The van der Waals surface area contributed by atoms with Gasteiger partial charge >= 0.3 is 0 Å². The lowest BCUT2D eigenvalue weighted by atomic mass is 10.0. The highest BCUT2D eigenvalue weighted by Crippen LogP contribution is 2.21. The summed E-state index contributed by atoms with van der Waals surface area (Å²) in [6.07, 6.45) is 3.10. The molecule has 0 fully saturated rings. The van der Waals surface area contributed by atoms with Crippen molar-refractivity contribution in [3.63, 3.8) is 0 Å². The fourth-order valence-corrected chi connectivity index (χ4v) is 2.41. The predicted octanol–water partition coefficient (Wildman–Crippen LogP) is 2.41. The molecule has 4 nitrogen and oxygen atoms in total. The molecule has 0 aromatic heterocycles. The number of benzene rings is 1. The highest BCUT2D eigenvalue weighted by Gasteiger charge is 2.16. The van der Waals surface area contributed by atoms with Gasteiger partial charge in [-0.05, 0) is 36.9 Å². The molecule has 0 saturated carbocycles. The Hall–Kier alpha value is -1.42. The van der Waals surface area contributed by atoms with Crippen LogP contribution >= 0.6 is 0 Å². The molecule has 92 valence electrons. The van der Waals surface area contributed by atoms with Crippen LogP contribution in [0, 0.1) is 10.1 Å². The van der Waals surface area contributed by atoms with Crippen molar-refractivity contribution in [1.29, 1.82) is 0 Å². The zero-order valence-electron chi connectivity index (χ0n) is 10.2. The van der Waals surface area contributed by atoms with Crippen molar-refractivity contribution in [2.45, 2.75) is 26.2 Å². The molecule has 0 atom stereocenters. The Bertz CT molecular complexity index is 418. The van der Waals surface area contributed by atoms with Gasteiger partial charge in [0.2, 0.25) is 0 Å². The van der Waals surface area contributed by atoms with Crippen LogP contribution in [0.15, 0.2) is 18.2 Å². The second kappa shape index (κ2) is 5.27. The molecule has 0 amide bonds. The molecule has 2 rings (SSSR count). The first kappa shape index (κ1) is 12.0. The van der Waals surface area contributed by atoms with Crippen molar-refractivity contribution >= 4 is 5.69 Å². The average Bonchev–Trinajstić information content (AvgIpc) is 2.52. The molecule has 0 unspecified atom stereocenters. The molecule has 0 bridgehead atoms. The number of hydrogen-bond acceptors (Lipinski definition) is 3. The summed E-state index contributed by atoms with van der Waals surface area (Å²) >= 11 is 0. The van der Waals surface area contributed by atoms with Gasteiger partial charge in [0.25, 0.3) is 5.69 Å². The first-order valence-corrected chi connectivity index (χ1v) is 6.19. The lowest BCUT2D eigenvalue weighted by molar-refractivity contribution is -0.384. The number of nitro groups is 1. The highest BCUT2D eigenvalue weighted by molar-refractivity contribution is 5.40. The van der Waals surface area contributed by atoms with Gasteiger partial charge in [0, 0.05) is 25.2 Å². The summed E-state index contributed by atoms with van der Waals surface area (Å²) in [6.45, 7) is 5.39. The van der Waals surface area contributed by atoms with Crippen molar-refractivity contribution in [2.24, 2.45) is 0 Å². The van der Waals surface area contributed by atoms with Crippen molar-refractivity contribution < 1.29 is 4.92 Å². The molecular weight excluding hydrogens is 216 g/mol. The van der Waals surface area contributed by atoms with Gasteiger partial charge in [0.1, 0.15) is 0 Å². The van der Waals surface area contributed by atoms with Crippen LogP contribution in [0.1, 0.15) is 24.5 Å². The van der Waals surface area contributed by atoms with Crippen LogP contribution in [0.4, 0.5) is 5.69 Å². The van der Waals surface area contributed by atoms with Crippen molar-refractivity contribution in [3.8, 4) is 0 Å². The summed E-state index contributed by atoms with van der Waals surface area (Å²) in [5, 5.41) is 10.7. The summed E-state index contributed by atoms with van der Waals surface area (Å²) in [4.78, 5) is 12.9. The van der Waals surface area contributed by atoms with E-state index in [1.54, 1.807) is 12.1 Å². The predicted molar refractivity (Wildman–Crippen MR) is 67.2 cm³/mol. The Morgan fingerprint density at radius 2 is 2.00 bits per heavy atom. The van der Waals surface area contributed by atoms with Gasteiger partial charge in [-0.1, -0.05) is 13.0 Å². The first-order chi connectivity index (χ1) is 8.20. The first-order valence-electron chi connectivity index (χ1n) is 6.19. The monoisotopic (exact) mass is 234 g/mol. The van der Waals surface area contributed by atoms with E-state index in [0.717, 1.165) is 44.5 Å². The number of nitro benzene ring substituents is 1. The SMILES string of the molecule is CCCN1CCc2ccc([N+](=O)[O-])cc2CC1. The van der Waals surface area contributed by atoms with Gasteiger partial charge in [-0.15, -0.1) is 0 Å². The molecule has 0 radical (unpaired) electrons. The fourth-order valence-electron chi connectivity index (χ4n) is 2.41. The largest absolute Gasteiger partial charge is 0.303 e. The number of nitrogens with zero attached hydrogens (tertiary/aromatic N) is 2. The Kier molecular flexibility index (Phi) is 3.74. The molecule has 0 saturated heterocycles. The maximum absolute atomic E-state index is 10.7. The number of rotatable bonds is 3. The Labute approximate surface area is 101 Å². The van der Waals surface area contributed by atoms with Gasteiger partial charge in [-0.2, -0.15) is 0 Å². The van der Waals surface area contributed by atoms with Gasteiger partial charge in [0.05, 0.1) is 4.92 Å². The minimum absolute atomic E-state index is 0.215. The van der Waals surface area contributed by atoms with Gasteiger partial charge in [-0.25, -0.2) is 0 Å². The molecule has 0 spiro atoms. The van der Waals surface area contributed by atoms with Crippen molar-refractivity contribution in [2.75, 3.05) is 19.6 Å². The normalized spacial score (nSPS) is 16.3. The maximum Gasteiger partial charge on any atom is 0.269 e. The lowest BCUT2D eigenvalue weighted by Crippen LogP contribution is -2.27. The summed E-state index contributed by atoms with van der Waals surface area (Å²) < 4.78 is 0. The van der Waals surface area contributed by atoms with E-state index in [1.165, 1.54) is 5.56 Å². The van der Waals surface area contributed by atoms with Gasteiger partial charge < -0.3 is 4.90 Å². The van der Waals surface area contributed by atoms with Gasteiger partial charge in [-0.3, -0.25) is 10.1 Å². The van der Waals surface area contributed by atoms with Crippen LogP contribution in [0.3, 0.4) is 0 Å². The van der Waals surface area contributed by atoms with Crippen LogP contribution < -0.4 is 0 Å². The summed E-state index contributed by atoms with van der Waals surface area (Å²) in [6, 6.07) is 5.28. The van der Waals surface area contributed by atoms with Crippen LogP contribution in [0.25, 0.3) is 0 Å². The van der Waals surface area contributed by atoms with E-state index in [2.05, 4.69) is 11.8 Å². The molecular formula is C13H18N2O2. The molecule has 0 N–H and O–H groups in total.